The minimum atomic E-state index is -1.16. The van der Waals surface area contributed by atoms with Crippen molar-refractivity contribution in [2.45, 2.75) is 180 Å². The second kappa shape index (κ2) is 35.0. The summed E-state index contributed by atoms with van der Waals surface area (Å²) in [5, 5.41) is 29.5. The number of aliphatic carboxylic acids is 2. The van der Waals surface area contributed by atoms with Crippen molar-refractivity contribution in [3.8, 4) is 0 Å². The molecule has 0 saturated carbocycles. The standard InChI is InChI=1S/C36H70N4O6S2/c1-3-5-7-9-11-13-15-17-19-21-23-25-27-37-35(45)39-31(33(41)42)29-47-48-30-32(34(43)44)40-36(46)38-28-26-24-22-20-18-16-14-12-10-8-6-4-2/h31-32H,3-30H2,1-2H3,(H,41,42)(H,43,44)(H2,37,39,45)(H2,38,40,46). The molecule has 282 valence electrons. The Kier molecular flexibility index (Phi) is 33.7. The van der Waals surface area contributed by atoms with Gasteiger partial charge in [0.25, 0.3) is 0 Å². The Morgan fingerprint density at radius 3 is 0.938 bits per heavy atom. The number of urea groups is 2. The molecule has 0 radical (unpaired) electrons. The molecule has 0 saturated heterocycles. The maximum absolute atomic E-state index is 12.2. The number of amides is 4. The molecule has 0 aliphatic carbocycles. The van der Waals surface area contributed by atoms with Crippen LogP contribution in [0.1, 0.15) is 168 Å². The number of hydrogen-bond acceptors (Lipinski definition) is 6. The summed E-state index contributed by atoms with van der Waals surface area (Å²) in [5.41, 5.74) is 0. The Morgan fingerprint density at radius 2 is 0.688 bits per heavy atom. The molecule has 0 aromatic carbocycles. The molecule has 0 aromatic heterocycles. The number of carboxylic acids is 2. The number of unbranched alkanes of at least 4 members (excludes halogenated alkanes) is 22. The van der Waals surface area contributed by atoms with E-state index in [0.717, 1.165) is 60.1 Å². The van der Waals surface area contributed by atoms with E-state index in [2.05, 4.69) is 35.1 Å². The molecule has 48 heavy (non-hydrogen) atoms. The van der Waals surface area contributed by atoms with Crippen LogP contribution in [-0.2, 0) is 9.59 Å². The first-order valence-corrected chi connectivity index (χ1v) is 21.6. The van der Waals surface area contributed by atoms with Crippen molar-refractivity contribution >= 4 is 45.6 Å². The second-order valence-electron chi connectivity index (χ2n) is 12.9. The summed E-state index contributed by atoms with van der Waals surface area (Å²) < 4.78 is 0. The Morgan fingerprint density at radius 1 is 0.438 bits per heavy atom. The number of hydrogen-bond donors (Lipinski definition) is 6. The average molecular weight is 719 g/mol. The van der Waals surface area contributed by atoms with Gasteiger partial charge in [0, 0.05) is 24.6 Å². The first-order chi connectivity index (χ1) is 23.3. The van der Waals surface area contributed by atoms with Crippen molar-refractivity contribution in [1.29, 1.82) is 0 Å². The maximum Gasteiger partial charge on any atom is 0.327 e. The predicted molar refractivity (Wildman–Crippen MR) is 203 cm³/mol. The van der Waals surface area contributed by atoms with E-state index in [1.54, 1.807) is 0 Å². The van der Waals surface area contributed by atoms with E-state index in [1.165, 1.54) is 116 Å². The normalized spacial score (nSPS) is 12.3. The Hall–Kier alpha value is -1.82. The van der Waals surface area contributed by atoms with Gasteiger partial charge in [-0.05, 0) is 12.8 Å². The van der Waals surface area contributed by atoms with Crippen LogP contribution in [0.4, 0.5) is 9.59 Å². The lowest BCUT2D eigenvalue weighted by atomic mass is 10.1. The zero-order chi connectivity index (χ0) is 35.5. The van der Waals surface area contributed by atoms with Crippen LogP contribution >= 0.6 is 21.6 Å². The van der Waals surface area contributed by atoms with Crippen LogP contribution in [0.3, 0.4) is 0 Å². The van der Waals surface area contributed by atoms with Gasteiger partial charge < -0.3 is 31.5 Å². The number of carbonyl (C=O) groups excluding carboxylic acids is 2. The van der Waals surface area contributed by atoms with Crippen LogP contribution in [0.2, 0.25) is 0 Å². The molecule has 0 bridgehead atoms. The third-order valence-corrected chi connectivity index (χ3v) is 10.8. The second-order valence-corrected chi connectivity index (χ2v) is 15.5. The Bertz CT molecular complexity index is 744. The fourth-order valence-electron chi connectivity index (χ4n) is 5.34. The number of rotatable bonds is 35. The molecule has 6 N–H and O–H groups in total. The van der Waals surface area contributed by atoms with Crippen molar-refractivity contribution in [3.05, 3.63) is 0 Å². The van der Waals surface area contributed by atoms with E-state index in [0.29, 0.717) is 13.1 Å². The molecule has 2 unspecified atom stereocenters. The summed E-state index contributed by atoms with van der Waals surface area (Å²) in [7, 11) is 2.30. The van der Waals surface area contributed by atoms with E-state index in [-0.39, 0.29) is 11.5 Å². The molecule has 2 atom stereocenters. The van der Waals surface area contributed by atoms with Gasteiger partial charge >= 0.3 is 24.0 Å². The summed E-state index contributed by atoms with van der Waals surface area (Å²) in [6, 6.07) is -3.27. The molecule has 0 heterocycles. The number of nitrogens with one attached hydrogen (secondary N) is 4. The highest BCUT2D eigenvalue weighted by Crippen LogP contribution is 2.23. The maximum atomic E-state index is 12.2. The van der Waals surface area contributed by atoms with Crippen LogP contribution in [-0.4, -0.2) is 70.9 Å². The predicted octanol–water partition coefficient (Wildman–Crippen LogP) is 9.27. The van der Waals surface area contributed by atoms with Crippen molar-refractivity contribution < 1.29 is 29.4 Å². The molecular weight excluding hydrogens is 649 g/mol. The molecule has 0 aromatic rings. The number of carboxylic acid groups (broad SMARTS) is 2. The first kappa shape index (κ1) is 46.2. The van der Waals surface area contributed by atoms with Gasteiger partial charge in [0.15, 0.2) is 0 Å². The van der Waals surface area contributed by atoms with Crippen LogP contribution in [0.5, 0.6) is 0 Å². The van der Waals surface area contributed by atoms with Gasteiger partial charge in [0.2, 0.25) is 0 Å². The molecule has 10 nitrogen and oxygen atoms in total. The lowest BCUT2D eigenvalue weighted by Crippen LogP contribution is -2.48. The highest BCUT2D eigenvalue weighted by Gasteiger charge is 2.23. The fourth-order valence-corrected chi connectivity index (χ4v) is 7.65. The SMILES string of the molecule is CCCCCCCCCCCCCCNC(=O)NC(CSSCC(NC(=O)NCCCCCCCCCCCCCC)C(=O)O)C(=O)O. The minimum Gasteiger partial charge on any atom is -0.480 e. The fraction of sp³-hybridized carbons (Fsp3) is 0.889. The zero-order valence-corrected chi connectivity index (χ0v) is 31.9. The van der Waals surface area contributed by atoms with Gasteiger partial charge in [0.05, 0.1) is 0 Å². The summed E-state index contributed by atoms with van der Waals surface area (Å²) >= 11 is 0. The summed E-state index contributed by atoms with van der Waals surface area (Å²) in [6.45, 7) is 5.46. The lowest BCUT2D eigenvalue weighted by Gasteiger charge is -2.16. The molecule has 0 aliphatic heterocycles. The van der Waals surface area contributed by atoms with Crippen molar-refractivity contribution in [2.75, 3.05) is 24.6 Å². The minimum absolute atomic E-state index is 0.0590. The van der Waals surface area contributed by atoms with Gasteiger partial charge in [-0.25, -0.2) is 19.2 Å². The quantitative estimate of drug-likeness (QED) is 0.0280. The van der Waals surface area contributed by atoms with E-state index in [9.17, 15) is 29.4 Å². The van der Waals surface area contributed by atoms with E-state index >= 15 is 0 Å². The summed E-state index contributed by atoms with van der Waals surface area (Å²) in [4.78, 5) is 47.7. The molecule has 4 amide bonds. The van der Waals surface area contributed by atoms with Gasteiger partial charge in [0.1, 0.15) is 12.1 Å². The molecular formula is C36H70N4O6S2. The van der Waals surface area contributed by atoms with Gasteiger partial charge in [-0.2, -0.15) is 0 Å². The highest BCUT2D eigenvalue weighted by atomic mass is 33.1. The largest absolute Gasteiger partial charge is 0.480 e. The van der Waals surface area contributed by atoms with Crippen LogP contribution in [0.15, 0.2) is 0 Å². The van der Waals surface area contributed by atoms with Gasteiger partial charge in [-0.3, -0.25) is 0 Å². The third kappa shape index (κ3) is 31.4. The molecule has 0 rings (SSSR count). The summed E-state index contributed by atoms with van der Waals surface area (Å²) in [6.07, 6.45) is 29.5. The van der Waals surface area contributed by atoms with Crippen molar-refractivity contribution in [1.82, 2.24) is 21.3 Å². The van der Waals surface area contributed by atoms with E-state index < -0.39 is 36.1 Å². The molecule has 0 spiro atoms. The zero-order valence-electron chi connectivity index (χ0n) is 30.3. The summed E-state index contributed by atoms with van der Waals surface area (Å²) in [5.74, 6) is -2.20. The van der Waals surface area contributed by atoms with Gasteiger partial charge in [-0.15, -0.1) is 0 Å². The third-order valence-electron chi connectivity index (χ3n) is 8.39. The monoisotopic (exact) mass is 718 g/mol. The Balaban J connectivity index is 3.93. The average Bonchev–Trinajstić information content (AvgIpc) is 3.05. The van der Waals surface area contributed by atoms with Gasteiger partial charge in [-0.1, -0.05) is 177 Å². The van der Waals surface area contributed by atoms with Crippen molar-refractivity contribution in [3.63, 3.8) is 0 Å². The lowest BCUT2D eigenvalue weighted by molar-refractivity contribution is -0.139. The molecule has 0 aliphatic rings. The van der Waals surface area contributed by atoms with E-state index in [1.807, 2.05) is 0 Å². The number of carbonyl (C=O) groups is 4. The van der Waals surface area contributed by atoms with Crippen molar-refractivity contribution in [2.24, 2.45) is 0 Å². The molecule has 12 heteroatoms. The van der Waals surface area contributed by atoms with E-state index in [4.69, 9.17) is 0 Å². The Labute approximate surface area is 300 Å². The molecule has 0 fully saturated rings. The van der Waals surface area contributed by atoms with Crippen LogP contribution in [0.25, 0.3) is 0 Å². The topological polar surface area (TPSA) is 157 Å². The smallest absolute Gasteiger partial charge is 0.327 e. The van der Waals surface area contributed by atoms with Crippen LogP contribution < -0.4 is 21.3 Å². The van der Waals surface area contributed by atoms with Crippen LogP contribution in [0, 0.1) is 0 Å². The first-order valence-electron chi connectivity index (χ1n) is 19.1. The highest BCUT2D eigenvalue weighted by molar-refractivity contribution is 8.76.